The third kappa shape index (κ3) is 2.60. The average molecular weight is 219 g/mol. The van der Waals surface area contributed by atoms with Gasteiger partial charge < -0.3 is 5.32 Å². The molecule has 0 unspecified atom stereocenters. The zero-order valence-electron chi connectivity index (χ0n) is 10.2. The van der Waals surface area contributed by atoms with E-state index in [2.05, 4.69) is 41.3 Å². The molecule has 0 saturated carbocycles. The molecule has 88 valence electrons. The van der Waals surface area contributed by atoms with Crippen LogP contribution >= 0.6 is 0 Å². The lowest BCUT2D eigenvalue weighted by atomic mass is 10.1. The van der Waals surface area contributed by atoms with Gasteiger partial charge in [-0.25, -0.2) is 0 Å². The van der Waals surface area contributed by atoms with Gasteiger partial charge in [0.15, 0.2) is 0 Å². The van der Waals surface area contributed by atoms with Crippen LogP contribution in [0.15, 0.2) is 24.4 Å². The largest absolute Gasteiger partial charge is 0.302 e. The van der Waals surface area contributed by atoms with Gasteiger partial charge in [0.05, 0.1) is 17.9 Å². The molecule has 0 aliphatic carbocycles. The molecule has 3 heteroatoms. The van der Waals surface area contributed by atoms with Crippen LogP contribution in [0.25, 0.3) is 0 Å². The maximum Gasteiger partial charge on any atom is 0.0600 e. The van der Waals surface area contributed by atoms with Crippen molar-refractivity contribution in [3.63, 3.8) is 0 Å². The van der Waals surface area contributed by atoms with E-state index in [4.69, 9.17) is 0 Å². The molecule has 0 amide bonds. The molecule has 1 aromatic heterocycles. The molecule has 16 heavy (non-hydrogen) atoms. The highest BCUT2D eigenvalue weighted by molar-refractivity contribution is 5.08. The summed E-state index contributed by atoms with van der Waals surface area (Å²) in [7, 11) is 2.18. The van der Waals surface area contributed by atoms with Gasteiger partial charge in [0.25, 0.3) is 0 Å². The molecule has 1 aliphatic rings. The molecule has 1 N–H and O–H groups in total. The molecule has 1 aliphatic heterocycles. The van der Waals surface area contributed by atoms with E-state index in [1.54, 1.807) is 0 Å². The van der Waals surface area contributed by atoms with E-state index in [1.807, 2.05) is 12.3 Å². The highest BCUT2D eigenvalue weighted by atomic mass is 15.3. The van der Waals surface area contributed by atoms with Crippen LogP contribution in [-0.2, 0) is 0 Å². The van der Waals surface area contributed by atoms with Gasteiger partial charge in [-0.1, -0.05) is 6.07 Å². The molecule has 2 atom stereocenters. The molecule has 0 spiro atoms. The van der Waals surface area contributed by atoms with Crippen molar-refractivity contribution in [3.8, 4) is 0 Å². The molecule has 3 nitrogen and oxygen atoms in total. The Kier molecular flexibility index (Phi) is 3.91. The standard InChI is InChI=1S/C13H21N3/c1-11(12-7-3-5-9-14-12)16(2)13-8-4-6-10-15-13/h3,5,7,9,11,13,15H,4,6,8,10H2,1-2H3/t11-,13-/m0/s1. The van der Waals surface area contributed by atoms with Gasteiger partial charge >= 0.3 is 0 Å². The molecular formula is C13H21N3. The van der Waals surface area contributed by atoms with E-state index in [1.165, 1.54) is 19.3 Å². The predicted molar refractivity (Wildman–Crippen MR) is 66.1 cm³/mol. The Morgan fingerprint density at radius 3 is 2.94 bits per heavy atom. The van der Waals surface area contributed by atoms with Gasteiger partial charge in [-0.2, -0.15) is 0 Å². The number of hydrogen-bond donors (Lipinski definition) is 1. The minimum absolute atomic E-state index is 0.372. The fourth-order valence-electron chi connectivity index (χ4n) is 2.28. The quantitative estimate of drug-likeness (QED) is 0.844. The summed E-state index contributed by atoms with van der Waals surface area (Å²) in [6, 6.07) is 6.50. The highest BCUT2D eigenvalue weighted by Gasteiger charge is 2.22. The van der Waals surface area contributed by atoms with Crippen LogP contribution in [0.2, 0.25) is 0 Å². The Balaban J connectivity index is 2.00. The molecular weight excluding hydrogens is 198 g/mol. The summed E-state index contributed by atoms with van der Waals surface area (Å²) in [5, 5.41) is 3.57. The minimum atomic E-state index is 0.372. The predicted octanol–water partition coefficient (Wildman–Crippen LogP) is 2.17. The lowest BCUT2D eigenvalue weighted by Crippen LogP contribution is -2.47. The molecule has 1 fully saturated rings. The van der Waals surface area contributed by atoms with E-state index < -0.39 is 0 Å². The van der Waals surface area contributed by atoms with Crippen LogP contribution in [-0.4, -0.2) is 29.6 Å². The average Bonchev–Trinajstić information content (AvgIpc) is 2.39. The SMILES string of the molecule is C[C@@H](c1ccccn1)N(C)[C@H]1CCCCN1. The highest BCUT2D eigenvalue weighted by Crippen LogP contribution is 2.21. The third-order valence-electron chi connectivity index (χ3n) is 3.50. The topological polar surface area (TPSA) is 28.2 Å². The summed E-state index contributed by atoms with van der Waals surface area (Å²) in [6.45, 7) is 3.36. The fourth-order valence-corrected chi connectivity index (χ4v) is 2.28. The third-order valence-corrected chi connectivity index (χ3v) is 3.50. The maximum atomic E-state index is 4.43. The smallest absolute Gasteiger partial charge is 0.0600 e. The first-order chi connectivity index (χ1) is 7.79. The van der Waals surface area contributed by atoms with E-state index in [0.717, 1.165) is 12.2 Å². The zero-order valence-corrected chi connectivity index (χ0v) is 10.2. The van der Waals surface area contributed by atoms with E-state index in [0.29, 0.717) is 12.2 Å². The van der Waals surface area contributed by atoms with Gasteiger partial charge in [0, 0.05) is 6.20 Å². The summed E-state index contributed by atoms with van der Waals surface area (Å²) < 4.78 is 0. The Labute approximate surface area is 97.9 Å². The number of piperidine rings is 1. The maximum absolute atomic E-state index is 4.43. The summed E-state index contributed by atoms with van der Waals surface area (Å²) >= 11 is 0. The summed E-state index contributed by atoms with van der Waals surface area (Å²) in [6.07, 6.45) is 6.26. The number of nitrogens with one attached hydrogen (secondary N) is 1. The van der Waals surface area contributed by atoms with Gasteiger partial charge in [0.2, 0.25) is 0 Å². The van der Waals surface area contributed by atoms with Crippen molar-refractivity contribution in [3.05, 3.63) is 30.1 Å². The van der Waals surface area contributed by atoms with Gasteiger partial charge in [-0.3, -0.25) is 9.88 Å². The molecule has 0 bridgehead atoms. The molecule has 2 heterocycles. The Hall–Kier alpha value is -0.930. The number of hydrogen-bond acceptors (Lipinski definition) is 3. The first-order valence-electron chi connectivity index (χ1n) is 6.15. The Morgan fingerprint density at radius 2 is 2.31 bits per heavy atom. The van der Waals surface area contributed by atoms with Crippen molar-refractivity contribution in [1.29, 1.82) is 0 Å². The van der Waals surface area contributed by atoms with Crippen molar-refractivity contribution in [2.75, 3.05) is 13.6 Å². The normalized spacial score (nSPS) is 23.3. The lowest BCUT2D eigenvalue weighted by molar-refractivity contribution is 0.126. The molecule has 1 saturated heterocycles. The molecule has 0 aromatic carbocycles. The second kappa shape index (κ2) is 5.41. The zero-order chi connectivity index (χ0) is 11.4. The second-order valence-corrected chi connectivity index (χ2v) is 4.56. The van der Waals surface area contributed by atoms with E-state index in [-0.39, 0.29) is 0 Å². The van der Waals surface area contributed by atoms with Crippen molar-refractivity contribution < 1.29 is 0 Å². The molecule has 0 radical (unpaired) electrons. The van der Waals surface area contributed by atoms with Crippen molar-refractivity contribution in [2.24, 2.45) is 0 Å². The fraction of sp³-hybridized carbons (Fsp3) is 0.615. The van der Waals surface area contributed by atoms with Crippen molar-refractivity contribution in [2.45, 2.75) is 38.4 Å². The van der Waals surface area contributed by atoms with E-state index >= 15 is 0 Å². The monoisotopic (exact) mass is 219 g/mol. The van der Waals surface area contributed by atoms with Gasteiger partial charge in [0.1, 0.15) is 0 Å². The summed E-state index contributed by atoms with van der Waals surface area (Å²) in [4.78, 5) is 6.82. The van der Waals surface area contributed by atoms with Crippen LogP contribution < -0.4 is 5.32 Å². The minimum Gasteiger partial charge on any atom is -0.302 e. The summed E-state index contributed by atoms with van der Waals surface area (Å²) in [5.41, 5.74) is 1.15. The Morgan fingerprint density at radius 1 is 1.44 bits per heavy atom. The number of aromatic nitrogens is 1. The van der Waals surface area contributed by atoms with Crippen LogP contribution in [0.5, 0.6) is 0 Å². The summed E-state index contributed by atoms with van der Waals surface area (Å²) in [5.74, 6) is 0. The second-order valence-electron chi connectivity index (χ2n) is 4.56. The number of nitrogens with zero attached hydrogens (tertiary/aromatic N) is 2. The lowest BCUT2D eigenvalue weighted by Gasteiger charge is -2.36. The first-order valence-corrected chi connectivity index (χ1v) is 6.15. The van der Waals surface area contributed by atoms with Gasteiger partial charge in [-0.05, 0) is 51.9 Å². The number of pyridine rings is 1. The van der Waals surface area contributed by atoms with Crippen LogP contribution in [0.4, 0.5) is 0 Å². The number of rotatable bonds is 3. The van der Waals surface area contributed by atoms with Crippen molar-refractivity contribution in [1.82, 2.24) is 15.2 Å². The Bertz CT molecular complexity index is 306. The van der Waals surface area contributed by atoms with Crippen LogP contribution in [0.3, 0.4) is 0 Å². The van der Waals surface area contributed by atoms with Crippen LogP contribution in [0, 0.1) is 0 Å². The van der Waals surface area contributed by atoms with Crippen molar-refractivity contribution >= 4 is 0 Å². The molecule has 1 aromatic rings. The molecule has 2 rings (SSSR count). The van der Waals surface area contributed by atoms with Crippen LogP contribution in [0.1, 0.15) is 37.9 Å². The van der Waals surface area contributed by atoms with E-state index in [9.17, 15) is 0 Å². The van der Waals surface area contributed by atoms with Gasteiger partial charge in [-0.15, -0.1) is 0 Å². The first kappa shape index (κ1) is 11.6.